The predicted octanol–water partition coefficient (Wildman–Crippen LogP) is 4.42. The molecule has 1 amide bonds. The zero-order valence-corrected chi connectivity index (χ0v) is 13.3. The Kier molecular flexibility index (Phi) is 5.56. The summed E-state index contributed by atoms with van der Waals surface area (Å²) < 4.78 is 43.1. The van der Waals surface area contributed by atoms with E-state index >= 15 is 0 Å². The van der Waals surface area contributed by atoms with Gasteiger partial charge < -0.3 is 15.4 Å². The number of carbonyl (C=O) groups is 1. The topological polar surface area (TPSA) is 50.4 Å². The molecule has 8 heteroatoms. The summed E-state index contributed by atoms with van der Waals surface area (Å²) in [5.74, 6) is 0.137. The lowest BCUT2D eigenvalue weighted by atomic mass is 10.2. The standard InChI is InChI=1S/C16H14ClF3N2O2/c1-24-12-4-2-3-11(8-12)22-15(23)9-21-14-7-10(16(18,19)20)5-6-13(14)17/h2-8,21H,9H2,1H3,(H,22,23). The zero-order valence-electron chi connectivity index (χ0n) is 12.6. The van der Waals surface area contributed by atoms with Gasteiger partial charge in [-0.1, -0.05) is 17.7 Å². The predicted molar refractivity (Wildman–Crippen MR) is 86.6 cm³/mol. The lowest BCUT2D eigenvalue weighted by Crippen LogP contribution is -2.22. The summed E-state index contributed by atoms with van der Waals surface area (Å²) >= 11 is 5.85. The third-order valence-electron chi connectivity index (χ3n) is 3.09. The van der Waals surface area contributed by atoms with E-state index in [-0.39, 0.29) is 17.3 Å². The van der Waals surface area contributed by atoms with Crippen molar-refractivity contribution >= 4 is 28.9 Å². The zero-order chi connectivity index (χ0) is 17.7. The van der Waals surface area contributed by atoms with Crippen LogP contribution in [0.1, 0.15) is 5.56 Å². The van der Waals surface area contributed by atoms with Crippen LogP contribution >= 0.6 is 11.6 Å². The lowest BCUT2D eigenvalue weighted by molar-refractivity contribution is -0.137. The number of halogens is 4. The molecule has 0 bridgehead atoms. The molecule has 0 aromatic heterocycles. The molecule has 0 heterocycles. The Morgan fingerprint density at radius 1 is 1.21 bits per heavy atom. The van der Waals surface area contributed by atoms with Gasteiger partial charge in [0.1, 0.15) is 5.75 Å². The summed E-state index contributed by atoms with van der Waals surface area (Å²) in [4.78, 5) is 11.9. The van der Waals surface area contributed by atoms with E-state index in [0.29, 0.717) is 11.4 Å². The molecule has 0 unspecified atom stereocenters. The minimum atomic E-state index is -4.48. The van der Waals surface area contributed by atoms with Crippen LogP contribution in [0, 0.1) is 0 Å². The number of hydrogen-bond acceptors (Lipinski definition) is 3. The van der Waals surface area contributed by atoms with Crippen LogP contribution in [0.25, 0.3) is 0 Å². The van der Waals surface area contributed by atoms with Gasteiger partial charge >= 0.3 is 6.18 Å². The van der Waals surface area contributed by atoms with Gasteiger partial charge in [-0.15, -0.1) is 0 Å². The quantitative estimate of drug-likeness (QED) is 0.832. The van der Waals surface area contributed by atoms with E-state index < -0.39 is 17.6 Å². The van der Waals surface area contributed by atoms with Crippen molar-refractivity contribution in [3.8, 4) is 5.75 Å². The van der Waals surface area contributed by atoms with Gasteiger partial charge in [-0.05, 0) is 30.3 Å². The van der Waals surface area contributed by atoms with E-state index in [4.69, 9.17) is 16.3 Å². The highest BCUT2D eigenvalue weighted by Crippen LogP contribution is 2.33. The van der Waals surface area contributed by atoms with E-state index in [2.05, 4.69) is 10.6 Å². The van der Waals surface area contributed by atoms with Crippen LogP contribution in [0.5, 0.6) is 5.75 Å². The summed E-state index contributed by atoms with van der Waals surface area (Å²) in [6, 6.07) is 9.58. The maximum absolute atomic E-state index is 12.7. The van der Waals surface area contributed by atoms with Gasteiger partial charge in [-0.25, -0.2) is 0 Å². The Labute approximate surface area is 141 Å². The van der Waals surface area contributed by atoms with Gasteiger partial charge in [0, 0.05) is 11.8 Å². The Bertz CT molecular complexity index is 736. The second-order valence-electron chi connectivity index (χ2n) is 4.83. The van der Waals surface area contributed by atoms with Crippen molar-refractivity contribution in [2.24, 2.45) is 0 Å². The number of nitrogens with one attached hydrogen (secondary N) is 2. The van der Waals surface area contributed by atoms with Crippen LogP contribution in [0.4, 0.5) is 24.5 Å². The van der Waals surface area contributed by atoms with Crippen LogP contribution in [0.2, 0.25) is 5.02 Å². The second kappa shape index (κ2) is 7.44. The number of hydrogen-bond donors (Lipinski definition) is 2. The maximum Gasteiger partial charge on any atom is 0.416 e. The average Bonchev–Trinajstić information content (AvgIpc) is 2.53. The summed E-state index contributed by atoms with van der Waals surface area (Å²) in [7, 11) is 1.50. The fourth-order valence-electron chi connectivity index (χ4n) is 1.92. The molecule has 0 fully saturated rings. The third kappa shape index (κ3) is 4.79. The van der Waals surface area contributed by atoms with Crippen LogP contribution in [-0.4, -0.2) is 19.6 Å². The van der Waals surface area contributed by atoms with Crippen molar-refractivity contribution < 1.29 is 22.7 Å². The number of methoxy groups -OCH3 is 1. The van der Waals surface area contributed by atoms with Crippen molar-refractivity contribution in [1.29, 1.82) is 0 Å². The fraction of sp³-hybridized carbons (Fsp3) is 0.188. The molecule has 2 N–H and O–H groups in total. The van der Waals surface area contributed by atoms with Gasteiger partial charge in [0.15, 0.2) is 0 Å². The number of anilines is 2. The highest BCUT2D eigenvalue weighted by Gasteiger charge is 2.30. The molecule has 24 heavy (non-hydrogen) atoms. The number of amides is 1. The van der Waals surface area contributed by atoms with E-state index in [1.165, 1.54) is 7.11 Å². The van der Waals surface area contributed by atoms with Crippen LogP contribution in [-0.2, 0) is 11.0 Å². The molecule has 0 aliphatic rings. The number of rotatable bonds is 5. The summed E-state index contributed by atoms with van der Waals surface area (Å²) in [6.07, 6.45) is -4.48. The molecule has 0 spiro atoms. The summed E-state index contributed by atoms with van der Waals surface area (Å²) in [5, 5.41) is 5.30. The molecule has 2 aromatic carbocycles. The number of carbonyl (C=O) groups excluding carboxylic acids is 1. The smallest absolute Gasteiger partial charge is 0.416 e. The minimum Gasteiger partial charge on any atom is -0.497 e. The van der Waals surface area contributed by atoms with Crippen molar-refractivity contribution in [3.63, 3.8) is 0 Å². The highest BCUT2D eigenvalue weighted by atomic mass is 35.5. The van der Waals surface area contributed by atoms with E-state index in [1.807, 2.05) is 0 Å². The molecule has 0 saturated heterocycles. The minimum absolute atomic E-state index is 0.0345. The normalized spacial score (nSPS) is 11.0. The summed E-state index contributed by atoms with van der Waals surface area (Å²) in [5.41, 5.74) is -0.300. The first kappa shape index (κ1) is 17.9. The van der Waals surface area contributed by atoms with E-state index in [0.717, 1.165) is 18.2 Å². The SMILES string of the molecule is COc1cccc(NC(=O)CNc2cc(C(F)(F)F)ccc2Cl)c1. The molecule has 2 aromatic rings. The fourth-order valence-corrected chi connectivity index (χ4v) is 2.10. The van der Waals surface area contributed by atoms with Crippen LogP contribution < -0.4 is 15.4 Å². The van der Waals surface area contributed by atoms with Gasteiger partial charge in [0.2, 0.25) is 5.91 Å². The largest absolute Gasteiger partial charge is 0.497 e. The third-order valence-corrected chi connectivity index (χ3v) is 3.42. The molecule has 0 radical (unpaired) electrons. The van der Waals surface area contributed by atoms with Crippen LogP contribution in [0.3, 0.4) is 0 Å². The molecule has 0 saturated carbocycles. The molecule has 128 valence electrons. The van der Waals surface area contributed by atoms with Gasteiger partial charge in [-0.3, -0.25) is 4.79 Å². The monoisotopic (exact) mass is 358 g/mol. The van der Waals surface area contributed by atoms with E-state index in [9.17, 15) is 18.0 Å². The Balaban J connectivity index is 2.01. The molecule has 2 rings (SSSR count). The summed E-state index contributed by atoms with van der Waals surface area (Å²) in [6.45, 7) is -0.238. The lowest BCUT2D eigenvalue weighted by Gasteiger charge is -2.12. The van der Waals surface area contributed by atoms with Gasteiger partial charge in [-0.2, -0.15) is 13.2 Å². The van der Waals surface area contributed by atoms with Crippen molar-refractivity contribution in [2.45, 2.75) is 6.18 Å². The molecular weight excluding hydrogens is 345 g/mol. The second-order valence-corrected chi connectivity index (χ2v) is 5.23. The number of alkyl halides is 3. The van der Waals surface area contributed by atoms with Gasteiger partial charge in [0.25, 0.3) is 0 Å². The van der Waals surface area contributed by atoms with Crippen molar-refractivity contribution in [2.75, 3.05) is 24.3 Å². The van der Waals surface area contributed by atoms with Gasteiger partial charge in [0.05, 0.1) is 29.9 Å². The Hall–Kier alpha value is -2.41. The molecule has 0 atom stereocenters. The van der Waals surface area contributed by atoms with Crippen molar-refractivity contribution in [3.05, 3.63) is 53.1 Å². The Morgan fingerprint density at radius 3 is 2.62 bits per heavy atom. The number of ether oxygens (including phenoxy) is 1. The van der Waals surface area contributed by atoms with E-state index in [1.54, 1.807) is 24.3 Å². The highest BCUT2D eigenvalue weighted by molar-refractivity contribution is 6.33. The first-order chi connectivity index (χ1) is 11.3. The molecule has 4 nitrogen and oxygen atoms in total. The molecular formula is C16H14ClF3N2O2. The average molecular weight is 359 g/mol. The van der Waals surface area contributed by atoms with Crippen molar-refractivity contribution in [1.82, 2.24) is 0 Å². The Morgan fingerprint density at radius 2 is 1.96 bits per heavy atom. The van der Waals surface area contributed by atoms with Crippen LogP contribution in [0.15, 0.2) is 42.5 Å². The first-order valence-corrected chi connectivity index (χ1v) is 7.22. The maximum atomic E-state index is 12.7. The first-order valence-electron chi connectivity index (χ1n) is 6.84. The molecule has 0 aliphatic heterocycles. The number of benzene rings is 2. The molecule has 0 aliphatic carbocycles.